The first-order chi connectivity index (χ1) is 9.44. The Morgan fingerprint density at radius 1 is 1.45 bits per heavy atom. The number of nitrogens with one attached hydrogen (secondary N) is 3. The minimum Gasteiger partial charge on any atom is -0.444 e. The van der Waals surface area contributed by atoms with Crippen molar-refractivity contribution in [2.24, 2.45) is 0 Å². The van der Waals surface area contributed by atoms with Gasteiger partial charge in [-0.05, 0) is 40.0 Å². The summed E-state index contributed by atoms with van der Waals surface area (Å²) in [6.07, 6.45) is 6.35. The standard InChI is InChI=1S/C14H24N4O2/c1-14(2,3)20-13(19)18-11-6-4-5-10(11)17-9-12-15-7-8-16-12/h7-8,10-11,17H,4-6,9H2,1-3H3,(H,15,16)(H,18,19). The molecular formula is C14H24N4O2. The van der Waals surface area contributed by atoms with Crippen LogP contribution in [0.15, 0.2) is 12.4 Å². The van der Waals surface area contributed by atoms with E-state index in [4.69, 9.17) is 4.74 Å². The van der Waals surface area contributed by atoms with Crippen LogP contribution in [0, 0.1) is 0 Å². The Balaban J connectivity index is 1.80. The summed E-state index contributed by atoms with van der Waals surface area (Å²) in [6.45, 7) is 6.29. The zero-order valence-corrected chi connectivity index (χ0v) is 12.4. The number of hydrogen-bond donors (Lipinski definition) is 3. The summed E-state index contributed by atoms with van der Waals surface area (Å²) in [5.74, 6) is 0.910. The average Bonchev–Trinajstić information content (AvgIpc) is 2.94. The number of aromatic nitrogens is 2. The molecule has 20 heavy (non-hydrogen) atoms. The van der Waals surface area contributed by atoms with E-state index in [0.29, 0.717) is 6.54 Å². The van der Waals surface area contributed by atoms with Gasteiger partial charge in [-0.3, -0.25) is 0 Å². The predicted molar refractivity (Wildman–Crippen MR) is 76.2 cm³/mol. The van der Waals surface area contributed by atoms with Crippen molar-refractivity contribution in [3.63, 3.8) is 0 Å². The zero-order valence-electron chi connectivity index (χ0n) is 12.4. The van der Waals surface area contributed by atoms with E-state index < -0.39 is 5.60 Å². The maximum absolute atomic E-state index is 11.8. The summed E-state index contributed by atoms with van der Waals surface area (Å²) < 4.78 is 5.30. The summed E-state index contributed by atoms with van der Waals surface area (Å²) in [5.41, 5.74) is -0.459. The number of carbonyl (C=O) groups excluding carboxylic acids is 1. The number of H-pyrrole nitrogens is 1. The Bertz CT molecular complexity index is 425. The Labute approximate surface area is 119 Å². The van der Waals surface area contributed by atoms with Gasteiger partial charge in [-0.15, -0.1) is 0 Å². The molecule has 1 saturated carbocycles. The first-order valence-electron chi connectivity index (χ1n) is 7.15. The molecule has 1 heterocycles. The van der Waals surface area contributed by atoms with Crippen molar-refractivity contribution in [3.05, 3.63) is 18.2 Å². The molecule has 0 radical (unpaired) electrons. The number of ether oxygens (including phenoxy) is 1. The lowest BCUT2D eigenvalue weighted by atomic mass is 10.1. The van der Waals surface area contributed by atoms with Gasteiger partial charge in [0, 0.05) is 24.5 Å². The van der Waals surface area contributed by atoms with Crippen LogP contribution < -0.4 is 10.6 Å². The van der Waals surface area contributed by atoms with E-state index in [9.17, 15) is 4.79 Å². The molecule has 6 heteroatoms. The van der Waals surface area contributed by atoms with Gasteiger partial charge in [-0.25, -0.2) is 9.78 Å². The Morgan fingerprint density at radius 2 is 2.20 bits per heavy atom. The predicted octanol–water partition coefficient (Wildman–Crippen LogP) is 1.95. The van der Waals surface area contributed by atoms with Crippen LogP contribution in [0.2, 0.25) is 0 Å². The third-order valence-electron chi connectivity index (χ3n) is 3.30. The molecule has 0 spiro atoms. The minimum atomic E-state index is -0.459. The molecule has 1 aromatic rings. The number of amides is 1. The number of rotatable bonds is 4. The van der Waals surface area contributed by atoms with E-state index >= 15 is 0 Å². The second kappa shape index (κ2) is 6.26. The van der Waals surface area contributed by atoms with Gasteiger partial charge in [-0.1, -0.05) is 0 Å². The third-order valence-corrected chi connectivity index (χ3v) is 3.30. The molecule has 6 nitrogen and oxygen atoms in total. The van der Waals surface area contributed by atoms with Gasteiger partial charge in [-0.2, -0.15) is 0 Å². The average molecular weight is 280 g/mol. The van der Waals surface area contributed by atoms with Crippen LogP contribution >= 0.6 is 0 Å². The maximum Gasteiger partial charge on any atom is 0.407 e. The summed E-state index contributed by atoms with van der Waals surface area (Å²) in [5, 5.41) is 6.40. The van der Waals surface area contributed by atoms with Crippen LogP contribution in [-0.4, -0.2) is 33.7 Å². The first kappa shape index (κ1) is 14.8. The lowest BCUT2D eigenvalue weighted by molar-refractivity contribution is 0.0498. The number of imidazole rings is 1. The molecule has 0 bridgehead atoms. The lowest BCUT2D eigenvalue weighted by Gasteiger charge is -2.25. The van der Waals surface area contributed by atoms with E-state index in [1.54, 1.807) is 6.20 Å². The van der Waals surface area contributed by atoms with Crippen LogP contribution in [0.25, 0.3) is 0 Å². The van der Waals surface area contributed by atoms with Crippen molar-refractivity contribution in [2.75, 3.05) is 0 Å². The van der Waals surface area contributed by atoms with Crippen molar-refractivity contribution in [2.45, 2.75) is 64.3 Å². The summed E-state index contributed by atoms with van der Waals surface area (Å²) in [4.78, 5) is 19.1. The molecule has 1 fully saturated rings. The number of carbonyl (C=O) groups is 1. The van der Waals surface area contributed by atoms with Gasteiger partial charge in [0.15, 0.2) is 0 Å². The SMILES string of the molecule is CC(C)(C)OC(=O)NC1CCCC1NCc1ncc[nH]1. The zero-order chi connectivity index (χ0) is 14.6. The molecule has 0 aliphatic heterocycles. The van der Waals surface area contributed by atoms with Crippen molar-refractivity contribution in [1.29, 1.82) is 0 Å². The Kier molecular flexibility index (Phi) is 4.65. The van der Waals surface area contributed by atoms with Gasteiger partial charge in [0.25, 0.3) is 0 Å². The Morgan fingerprint density at radius 3 is 2.85 bits per heavy atom. The molecule has 2 unspecified atom stereocenters. The molecule has 0 saturated heterocycles. The van der Waals surface area contributed by atoms with E-state index in [1.165, 1.54) is 0 Å². The van der Waals surface area contributed by atoms with Crippen LogP contribution in [0.4, 0.5) is 4.79 Å². The largest absolute Gasteiger partial charge is 0.444 e. The van der Waals surface area contributed by atoms with Crippen LogP contribution in [0.1, 0.15) is 45.9 Å². The molecule has 0 aromatic carbocycles. The fourth-order valence-electron chi connectivity index (χ4n) is 2.46. The highest BCUT2D eigenvalue weighted by molar-refractivity contribution is 5.68. The van der Waals surface area contributed by atoms with Gasteiger partial charge < -0.3 is 20.4 Å². The van der Waals surface area contributed by atoms with Gasteiger partial charge >= 0.3 is 6.09 Å². The Hall–Kier alpha value is -1.56. The monoisotopic (exact) mass is 280 g/mol. The molecule has 1 amide bonds. The molecule has 2 atom stereocenters. The fourth-order valence-corrected chi connectivity index (χ4v) is 2.46. The molecule has 2 rings (SSSR count). The molecular weight excluding hydrogens is 256 g/mol. The summed E-state index contributed by atoms with van der Waals surface area (Å²) in [7, 11) is 0. The summed E-state index contributed by atoms with van der Waals surface area (Å²) >= 11 is 0. The normalized spacial score (nSPS) is 22.8. The van der Waals surface area contributed by atoms with Crippen LogP contribution in [0.5, 0.6) is 0 Å². The number of alkyl carbamates (subject to hydrolysis) is 1. The van der Waals surface area contributed by atoms with Crippen molar-refractivity contribution in [1.82, 2.24) is 20.6 Å². The molecule has 112 valence electrons. The fraction of sp³-hybridized carbons (Fsp3) is 0.714. The van der Waals surface area contributed by atoms with Crippen LogP contribution in [0.3, 0.4) is 0 Å². The second-order valence-electron chi connectivity index (χ2n) is 6.21. The molecule has 3 N–H and O–H groups in total. The highest BCUT2D eigenvalue weighted by Gasteiger charge is 2.29. The van der Waals surface area contributed by atoms with Gasteiger partial charge in [0.05, 0.1) is 6.54 Å². The van der Waals surface area contributed by atoms with E-state index in [0.717, 1.165) is 25.1 Å². The smallest absolute Gasteiger partial charge is 0.407 e. The van der Waals surface area contributed by atoms with Gasteiger partial charge in [0.1, 0.15) is 11.4 Å². The van der Waals surface area contributed by atoms with Crippen molar-refractivity contribution >= 4 is 6.09 Å². The summed E-state index contributed by atoms with van der Waals surface area (Å²) in [6, 6.07) is 0.396. The number of nitrogens with zero attached hydrogens (tertiary/aromatic N) is 1. The first-order valence-corrected chi connectivity index (χ1v) is 7.15. The lowest BCUT2D eigenvalue weighted by Crippen LogP contribution is -2.47. The van der Waals surface area contributed by atoms with E-state index in [-0.39, 0.29) is 18.2 Å². The molecule has 1 aliphatic rings. The third kappa shape index (κ3) is 4.52. The van der Waals surface area contributed by atoms with Crippen molar-refractivity contribution < 1.29 is 9.53 Å². The molecule has 1 aromatic heterocycles. The number of aromatic amines is 1. The van der Waals surface area contributed by atoms with Crippen molar-refractivity contribution in [3.8, 4) is 0 Å². The van der Waals surface area contributed by atoms with E-state index in [1.807, 2.05) is 27.0 Å². The molecule has 1 aliphatic carbocycles. The highest BCUT2D eigenvalue weighted by Crippen LogP contribution is 2.20. The minimum absolute atomic E-state index is 0.125. The maximum atomic E-state index is 11.8. The quantitative estimate of drug-likeness (QED) is 0.787. The van der Waals surface area contributed by atoms with E-state index in [2.05, 4.69) is 20.6 Å². The highest BCUT2D eigenvalue weighted by atomic mass is 16.6. The van der Waals surface area contributed by atoms with Gasteiger partial charge in [0.2, 0.25) is 0 Å². The topological polar surface area (TPSA) is 79.0 Å². The second-order valence-corrected chi connectivity index (χ2v) is 6.21. The number of hydrogen-bond acceptors (Lipinski definition) is 4. The van der Waals surface area contributed by atoms with Crippen LogP contribution in [-0.2, 0) is 11.3 Å².